The first-order chi connectivity index (χ1) is 10.2. The number of rotatable bonds is 3. The van der Waals surface area contributed by atoms with Crippen LogP contribution in [0, 0.1) is 12.8 Å². The van der Waals surface area contributed by atoms with Crippen molar-refractivity contribution in [1.29, 1.82) is 0 Å². The van der Waals surface area contributed by atoms with Crippen LogP contribution in [0.15, 0.2) is 6.20 Å². The van der Waals surface area contributed by atoms with Crippen molar-refractivity contribution >= 4 is 22.4 Å². The van der Waals surface area contributed by atoms with E-state index in [1.807, 2.05) is 11.1 Å². The van der Waals surface area contributed by atoms with Crippen LogP contribution >= 0.6 is 11.3 Å². The average molecular weight is 308 g/mol. The van der Waals surface area contributed by atoms with Crippen LogP contribution in [0.5, 0.6) is 0 Å². The van der Waals surface area contributed by atoms with E-state index in [1.54, 1.807) is 11.3 Å². The molecule has 2 aliphatic heterocycles. The van der Waals surface area contributed by atoms with Gasteiger partial charge < -0.3 is 15.1 Å². The van der Waals surface area contributed by atoms with E-state index in [0.717, 1.165) is 63.7 Å². The van der Waals surface area contributed by atoms with Gasteiger partial charge in [0.05, 0.1) is 0 Å². The van der Waals surface area contributed by atoms with Crippen LogP contribution in [-0.2, 0) is 4.79 Å². The van der Waals surface area contributed by atoms with Crippen molar-refractivity contribution in [3.63, 3.8) is 0 Å². The molecule has 1 amide bonds. The van der Waals surface area contributed by atoms with Gasteiger partial charge in [-0.1, -0.05) is 0 Å². The average Bonchev–Trinajstić information content (AvgIpc) is 2.95. The van der Waals surface area contributed by atoms with Crippen molar-refractivity contribution in [1.82, 2.24) is 15.2 Å². The number of piperazine rings is 1. The van der Waals surface area contributed by atoms with E-state index in [9.17, 15) is 4.79 Å². The summed E-state index contributed by atoms with van der Waals surface area (Å²) in [6.07, 6.45) is 4.95. The van der Waals surface area contributed by atoms with Gasteiger partial charge in [0.1, 0.15) is 0 Å². The summed E-state index contributed by atoms with van der Waals surface area (Å²) in [6, 6.07) is 0. The summed E-state index contributed by atoms with van der Waals surface area (Å²) in [5.41, 5.74) is 0. The maximum Gasteiger partial charge on any atom is 0.222 e. The van der Waals surface area contributed by atoms with Crippen LogP contribution in [0.1, 0.15) is 24.1 Å². The number of aromatic nitrogens is 1. The van der Waals surface area contributed by atoms with Crippen molar-refractivity contribution in [2.24, 2.45) is 5.92 Å². The summed E-state index contributed by atoms with van der Waals surface area (Å²) in [5.74, 6) is 0.926. The molecule has 2 aliphatic rings. The van der Waals surface area contributed by atoms with E-state index >= 15 is 0 Å². The molecule has 21 heavy (non-hydrogen) atoms. The Balaban J connectivity index is 1.47. The Morgan fingerprint density at radius 3 is 2.67 bits per heavy atom. The summed E-state index contributed by atoms with van der Waals surface area (Å²) < 4.78 is 0. The predicted octanol–water partition coefficient (Wildman–Crippen LogP) is 1.49. The molecule has 1 aromatic rings. The summed E-state index contributed by atoms with van der Waals surface area (Å²) in [6.45, 7) is 7.70. The number of nitrogens with one attached hydrogen (secondary N) is 1. The fraction of sp³-hybridized carbons (Fsp3) is 0.733. The Morgan fingerprint density at radius 1 is 1.33 bits per heavy atom. The lowest BCUT2D eigenvalue weighted by Gasteiger charge is -2.35. The lowest BCUT2D eigenvalue weighted by molar-refractivity contribution is -0.132. The highest BCUT2D eigenvalue weighted by atomic mass is 32.1. The van der Waals surface area contributed by atoms with Crippen molar-refractivity contribution in [3.8, 4) is 0 Å². The van der Waals surface area contributed by atoms with Crippen LogP contribution in [-0.4, -0.2) is 55.1 Å². The molecule has 3 rings (SSSR count). The second-order valence-corrected chi connectivity index (χ2v) is 7.23. The lowest BCUT2D eigenvalue weighted by atomic mass is 9.94. The highest BCUT2D eigenvalue weighted by Gasteiger charge is 2.25. The molecule has 0 aliphatic carbocycles. The maximum absolute atomic E-state index is 12.4. The van der Waals surface area contributed by atoms with Crippen LogP contribution in [0.4, 0.5) is 5.13 Å². The molecule has 1 N–H and O–H groups in total. The molecule has 2 fully saturated rings. The zero-order valence-electron chi connectivity index (χ0n) is 12.7. The number of aryl methyl sites for hydroxylation is 1. The van der Waals surface area contributed by atoms with E-state index in [4.69, 9.17) is 0 Å². The molecule has 0 radical (unpaired) electrons. The molecule has 0 saturated carbocycles. The number of carbonyl (C=O) groups excluding carboxylic acids is 1. The van der Waals surface area contributed by atoms with Gasteiger partial charge in [-0.2, -0.15) is 0 Å². The Morgan fingerprint density at radius 2 is 2.05 bits per heavy atom. The first-order valence-corrected chi connectivity index (χ1v) is 8.70. The molecule has 0 bridgehead atoms. The third-order valence-electron chi connectivity index (χ3n) is 4.43. The van der Waals surface area contributed by atoms with Gasteiger partial charge in [0.25, 0.3) is 0 Å². The number of piperidine rings is 1. The van der Waals surface area contributed by atoms with E-state index < -0.39 is 0 Å². The molecule has 0 aromatic carbocycles. The molecule has 116 valence electrons. The Bertz CT molecular complexity index is 476. The molecule has 6 heteroatoms. The molecule has 5 nitrogen and oxygen atoms in total. The molecular weight excluding hydrogens is 284 g/mol. The Labute approximate surface area is 130 Å². The van der Waals surface area contributed by atoms with E-state index in [1.165, 1.54) is 4.88 Å². The van der Waals surface area contributed by atoms with Gasteiger partial charge in [0.2, 0.25) is 5.91 Å². The zero-order chi connectivity index (χ0) is 14.7. The topological polar surface area (TPSA) is 48.5 Å². The minimum absolute atomic E-state index is 0.344. The smallest absolute Gasteiger partial charge is 0.222 e. The summed E-state index contributed by atoms with van der Waals surface area (Å²) in [7, 11) is 0. The van der Waals surface area contributed by atoms with Crippen LogP contribution in [0.25, 0.3) is 0 Å². The maximum atomic E-state index is 12.4. The normalized spacial score (nSPS) is 20.8. The summed E-state index contributed by atoms with van der Waals surface area (Å²) in [5, 5.41) is 4.45. The second-order valence-electron chi connectivity index (χ2n) is 6.02. The molecule has 0 atom stereocenters. The standard InChI is InChI=1S/C15H24N4OS/c1-12-11-17-15(21-12)19-8-6-18(7-9-19)14(20)10-13-2-4-16-5-3-13/h11,13,16H,2-10H2,1H3. The van der Waals surface area contributed by atoms with Gasteiger partial charge in [-0.05, 0) is 38.8 Å². The third kappa shape index (κ3) is 3.74. The number of thiazole rings is 1. The molecule has 1 aromatic heterocycles. The van der Waals surface area contributed by atoms with Crippen molar-refractivity contribution < 1.29 is 4.79 Å². The predicted molar refractivity (Wildman–Crippen MR) is 85.9 cm³/mol. The number of carbonyl (C=O) groups is 1. The van der Waals surface area contributed by atoms with Gasteiger partial charge in [-0.3, -0.25) is 4.79 Å². The first-order valence-electron chi connectivity index (χ1n) is 7.88. The molecule has 0 unspecified atom stereocenters. The van der Waals surface area contributed by atoms with Crippen molar-refractivity contribution in [2.75, 3.05) is 44.2 Å². The number of hydrogen-bond acceptors (Lipinski definition) is 5. The van der Waals surface area contributed by atoms with Gasteiger partial charge in [0, 0.05) is 43.7 Å². The molecular formula is C15H24N4OS. The molecule has 3 heterocycles. The van der Waals surface area contributed by atoms with Crippen molar-refractivity contribution in [3.05, 3.63) is 11.1 Å². The second kappa shape index (κ2) is 6.75. The molecule has 2 saturated heterocycles. The van der Waals surface area contributed by atoms with Gasteiger partial charge >= 0.3 is 0 Å². The number of amides is 1. The fourth-order valence-corrected chi connectivity index (χ4v) is 3.91. The fourth-order valence-electron chi connectivity index (χ4n) is 3.10. The van der Waals surface area contributed by atoms with Gasteiger partial charge in [-0.15, -0.1) is 11.3 Å². The Kier molecular flexibility index (Phi) is 4.75. The SMILES string of the molecule is Cc1cnc(N2CCN(C(=O)CC3CCNCC3)CC2)s1. The van der Waals surface area contributed by atoms with Crippen LogP contribution in [0.2, 0.25) is 0 Å². The number of anilines is 1. The van der Waals surface area contributed by atoms with E-state index in [0.29, 0.717) is 11.8 Å². The van der Waals surface area contributed by atoms with Crippen molar-refractivity contribution in [2.45, 2.75) is 26.2 Å². The molecule has 0 spiro atoms. The highest BCUT2D eigenvalue weighted by Crippen LogP contribution is 2.23. The third-order valence-corrected chi connectivity index (χ3v) is 5.41. The van der Waals surface area contributed by atoms with Crippen LogP contribution in [0.3, 0.4) is 0 Å². The summed E-state index contributed by atoms with van der Waals surface area (Å²) >= 11 is 1.74. The van der Waals surface area contributed by atoms with E-state index in [2.05, 4.69) is 22.1 Å². The number of nitrogens with zero attached hydrogens (tertiary/aromatic N) is 3. The minimum Gasteiger partial charge on any atom is -0.345 e. The van der Waals surface area contributed by atoms with E-state index in [-0.39, 0.29) is 0 Å². The lowest BCUT2D eigenvalue weighted by Crippen LogP contribution is -2.49. The highest BCUT2D eigenvalue weighted by molar-refractivity contribution is 7.15. The zero-order valence-corrected chi connectivity index (χ0v) is 13.5. The summed E-state index contributed by atoms with van der Waals surface area (Å²) in [4.78, 5) is 22.4. The monoisotopic (exact) mass is 308 g/mol. The van der Waals surface area contributed by atoms with Gasteiger partial charge in [0.15, 0.2) is 5.13 Å². The number of hydrogen-bond donors (Lipinski definition) is 1. The Hall–Kier alpha value is -1.14. The first kappa shape index (κ1) is 14.8. The van der Waals surface area contributed by atoms with Gasteiger partial charge in [-0.25, -0.2) is 4.98 Å². The van der Waals surface area contributed by atoms with Crippen LogP contribution < -0.4 is 10.2 Å². The quantitative estimate of drug-likeness (QED) is 0.919. The largest absolute Gasteiger partial charge is 0.345 e. The minimum atomic E-state index is 0.344.